The highest BCUT2D eigenvalue weighted by Crippen LogP contribution is 2.18. The Balaban J connectivity index is 2.12. The molecule has 0 saturated carbocycles. The number of para-hydroxylation sites is 2. The number of hydrogen-bond acceptors (Lipinski definition) is 2. The van der Waals surface area contributed by atoms with Crippen molar-refractivity contribution in [1.82, 2.24) is 15.1 Å². The number of rotatable bonds is 4. The summed E-state index contributed by atoms with van der Waals surface area (Å²) >= 11 is 0. The van der Waals surface area contributed by atoms with E-state index >= 15 is 0 Å². The van der Waals surface area contributed by atoms with Crippen LogP contribution in [0.5, 0.6) is 0 Å². The normalized spacial score (nSPS) is 12.2. The number of nitrogens with zero attached hydrogens (tertiary/aromatic N) is 2. The number of carbonyl (C=O) groups excluding carboxylic acids is 1. The van der Waals surface area contributed by atoms with Crippen LogP contribution in [-0.2, 0) is 0 Å². The molecule has 5 nitrogen and oxygen atoms in total. The highest BCUT2D eigenvalue weighted by molar-refractivity contribution is 5.91. The van der Waals surface area contributed by atoms with Crippen molar-refractivity contribution in [3.63, 3.8) is 0 Å². The van der Waals surface area contributed by atoms with Crippen molar-refractivity contribution in [2.75, 3.05) is 5.32 Å². The van der Waals surface area contributed by atoms with Crippen molar-refractivity contribution in [2.24, 2.45) is 5.92 Å². The fourth-order valence-electron chi connectivity index (χ4n) is 1.72. The molecule has 0 saturated heterocycles. The second-order valence-corrected chi connectivity index (χ2v) is 5.10. The molecule has 1 atom stereocenters. The molecule has 0 fully saturated rings. The molecule has 2 amide bonds. The third-order valence-electron chi connectivity index (χ3n) is 3.26. The van der Waals surface area contributed by atoms with E-state index in [-0.39, 0.29) is 12.1 Å². The Morgan fingerprint density at radius 2 is 1.95 bits per heavy atom. The molecule has 0 aliphatic rings. The first kappa shape index (κ1) is 14.1. The summed E-state index contributed by atoms with van der Waals surface area (Å²) in [5, 5.41) is 9.98. The van der Waals surface area contributed by atoms with Gasteiger partial charge in [0.05, 0.1) is 11.4 Å². The zero-order chi connectivity index (χ0) is 14.5. The fourth-order valence-corrected chi connectivity index (χ4v) is 1.72. The van der Waals surface area contributed by atoms with Crippen LogP contribution in [0.3, 0.4) is 0 Å². The molecule has 5 heteroatoms. The van der Waals surface area contributed by atoms with Gasteiger partial charge in [0.15, 0.2) is 0 Å². The average Bonchev–Trinajstić information content (AvgIpc) is 2.92. The first-order chi connectivity index (χ1) is 9.58. The summed E-state index contributed by atoms with van der Waals surface area (Å²) in [5.74, 6) is 0.391. The maximum Gasteiger partial charge on any atom is 0.319 e. The summed E-state index contributed by atoms with van der Waals surface area (Å²) in [6, 6.07) is 9.33. The van der Waals surface area contributed by atoms with E-state index in [1.54, 1.807) is 10.9 Å². The molecule has 106 valence electrons. The van der Waals surface area contributed by atoms with Crippen molar-refractivity contribution in [3.8, 4) is 5.69 Å². The third kappa shape index (κ3) is 3.38. The minimum absolute atomic E-state index is 0.117. The zero-order valence-corrected chi connectivity index (χ0v) is 12.0. The van der Waals surface area contributed by atoms with Gasteiger partial charge in [0.1, 0.15) is 0 Å². The largest absolute Gasteiger partial charge is 0.335 e. The van der Waals surface area contributed by atoms with Crippen LogP contribution in [0.1, 0.15) is 20.8 Å². The predicted octanol–water partition coefficient (Wildman–Crippen LogP) is 3.04. The van der Waals surface area contributed by atoms with Crippen LogP contribution in [0.25, 0.3) is 5.69 Å². The highest BCUT2D eigenvalue weighted by Gasteiger charge is 2.12. The molecular weight excluding hydrogens is 252 g/mol. The van der Waals surface area contributed by atoms with Crippen molar-refractivity contribution >= 4 is 11.7 Å². The zero-order valence-electron chi connectivity index (χ0n) is 12.0. The summed E-state index contributed by atoms with van der Waals surface area (Å²) in [5.41, 5.74) is 1.56. The summed E-state index contributed by atoms with van der Waals surface area (Å²) < 4.78 is 1.72. The monoisotopic (exact) mass is 272 g/mol. The van der Waals surface area contributed by atoms with Crippen LogP contribution in [0, 0.1) is 5.92 Å². The number of aromatic nitrogens is 2. The van der Waals surface area contributed by atoms with E-state index in [1.807, 2.05) is 43.5 Å². The number of nitrogens with one attached hydrogen (secondary N) is 2. The molecule has 20 heavy (non-hydrogen) atoms. The molecule has 1 aromatic heterocycles. The Bertz CT molecular complexity index is 563. The molecule has 0 bridgehead atoms. The SMILES string of the molecule is CC(C)[C@H](C)NC(=O)Nc1ccccc1-n1cccn1. The van der Waals surface area contributed by atoms with E-state index in [2.05, 4.69) is 29.6 Å². The molecule has 2 rings (SSSR count). The first-order valence-corrected chi connectivity index (χ1v) is 6.74. The number of hydrogen-bond donors (Lipinski definition) is 2. The number of anilines is 1. The smallest absolute Gasteiger partial charge is 0.319 e. The standard InChI is InChI=1S/C15H20N4O/c1-11(2)12(3)17-15(20)18-13-7-4-5-8-14(13)19-10-6-9-16-19/h4-12H,1-3H3,(H2,17,18,20)/t12-/m0/s1. The van der Waals surface area contributed by atoms with Gasteiger partial charge in [0, 0.05) is 18.4 Å². The van der Waals surface area contributed by atoms with Gasteiger partial charge in [-0.15, -0.1) is 0 Å². The number of urea groups is 1. The summed E-state index contributed by atoms with van der Waals surface area (Å²) in [6.07, 6.45) is 3.55. The molecule has 2 aromatic rings. The Morgan fingerprint density at radius 1 is 1.20 bits per heavy atom. The minimum Gasteiger partial charge on any atom is -0.335 e. The summed E-state index contributed by atoms with van der Waals surface area (Å²) in [7, 11) is 0. The van der Waals surface area contributed by atoms with Gasteiger partial charge in [-0.3, -0.25) is 0 Å². The van der Waals surface area contributed by atoms with Crippen LogP contribution in [0.2, 0.25) is 0 Å². The van der Waals surface area contributed by atoms with Gasteiger partial charge in [-0.2, -0.15) is 5.10 Å². The van der Waals surface area contributed by atoms with E-state index < -0.39 is 0 Å². The van der Waals surface area contributed by atoms with Gasteiger partial charge < -0.3 is 10.6 Å². The van der Waals surface area contributed by atoms with Crippen LogP contribution >= 0.6 is 0 Å². The molecule has 0 aliphatic carbocycles. The molecule has 0 aliphatic heterocycles. The predicted molar refractivity (Wildman–Crippen MR) is 80.0 cm³/mol. The topological polar surface area (TPSA) is 59.0 Å². The number of benzene rings is 1. The van der Waals surface area contributed by atoms with Gasteiger partial charge in [-0.25, -0.2) is 9.48 Å². The van der Waals surface area contributed by atoms with Gasteiger partial charge in [0.2, 0.25) is 0 Å². The van der Waals surface area contributed by atoms with Gasteiger partial charge in [0.25, 0.3) is 0 Å². The molecule has 0 unspecified atom stereocenters. The van der Waals surface area contributed by atoms with E-state index in [0.717, 1.165) is 11.4 Å². The van der Waals surface area contributed by atoms with Gasteiger partial charge in [-0.1, -0.05) is 26.0 Å². The second kappa shape index (κ2) is 6.23. The number of carbonyl (C=O) groups is 1. The summed E-state index contributed by atoms with van der Waals surface area (Å²) in [4.78, 5) is 12.0. The molecule has 1 heterocycles. The van der Waals surface area contributed by atoms with E-state index in [9.17, 15) is 4.79 Å². The molecular formula is C15H20N4O. The third-order valence-corrected chi connectivity index (χ3v) is 3.26. The van der Waals surface area contributed by atoms with Gasteiger partial charge in [-0.05, 0) is 31.0 Å². The quantitative estimate of drug-likeness (QED) is 0.898. The average molecular weight is 272 g/mol. The van der Waals surface area contributed by atoms with Crippen LogP contribution in [-0.4, -0.2) is 21.9 Å². The van der Waals surface area contributed by atoms with E-state index in [0.29, 0.717) is 5.92 Å². The molecule has 0 radical (unpaired) electrons. The summed E-state index contributed by atoms with van der Waals surface area (Å²) in [6.45, 7) is 6.13. The maximum absolute atomic E-state index is 12.0. The molecule has 2 N–H and O–H groups in total. The van der Waals surface area contributed by atoms with E-state index in [4.69, 9.17) is 0 Å². The van der Waals surface area contributed by atoms with Crippen LogP contribution < -0.4 is 10.6 Å². The van der Waals surface area contributed by atoms with E-state index in [1.165, 1.54) is 0 Å². The van der Waals surface area contributed by atoms with Gasteiger partial charge >= 0.3 is 6.03 Å². The Hall–Kier alpha value is -2.30. The Kier molecular flexibility index (Phi) is 4.40. The molecule has 1 aromatic carbocycles. The van der Waals surface area contributed by atoms with Crippen molar-refractivity contribution in [3.05, 3.63) is 42.7 Å². The number of amides is 2. The Labute approximate surface area is 119 Å². The molecule has 0 spiro atoms. The minimum atomic E-state index is -0.203. The fraction of sp³-hybridized carbons (Fsp3) is 0.333. The lowest BCUT2D eigenvalue weighted by Crippen LogP contribution is -2.39. The first-order valence-electron chi connectivity index (χ1n) is 6.74. The van der Waals surface area contributed by atoms with Crippen LogP contribution in [0.4, 0.5) is 10.5 Å². The lowest BCUT2D eigenvalue weighted by molar-refractivity contribution is 0.246. The lowest BCUT2D eigenvalue weighted by Gasteiger charge is -2.18. The highest BCUT2D eigenvalue weighted by atomic mass is 16.2. The Morgan fingerprint density at radius 3 is 2.60 bits per heavy atom. The van der Waals surface area contributed by atoms with Crippen molar-refractivity contribution in [1.29, 1.82) is 0 Å². The van der Waals surface area contributed by atoms with Crippen LogP contribution in [0.15, 0.2) is 42.7 Å². The maximum atomic E-state index is 12.0. The second-order valence-electron chi connectivity index (χ2n) is 5.10. The lowest BCUT2D eigenvalue weighted by atomic mass is 10.1. The van der Waals surface area contributed by atoms with Crippen molar-refractivity contribution in [2.45, 2.75) is 26.8 Å². The van der Waals surface area contributed by atoms with Crippen molar-refractivity contribution < 1.29 is 4.79 Å².